The van der Waals surface area contributed by atoms with E-state index >= 15 is 0 Å². The van der Waals surface area contributed by atoms with Gasteiger partial charge in [0.25, 0.3) is 0 Å². The van der Waals surface area contributed by atoms with E-state index in [1.807, 2.05) is 27.7 Å². The Bertz CT molecular complexity index is 2000. The molecule has 0 fully saturated rings. The molecule has 5 unspecified atom stereocenters. The van der Waals surface area contributed by atoms with E-state index in [-0.39, 0.29) is 24.0 Å². The van der Waals surface area contributed by atoms with Gasteiger partial charge in [-0.3, -0.25) is 9.42 Å². The molecule has 51 heavy (non-hydrogen) atoms. The van der Waals surface area contributed by atoms with Gasteiger partial charge in [-0.25, -0.2) is 4.57 Å². The molecule has 7 heteroatoms. The number of rotatable bonds is 6. The Morgan fingerprint density at radius 2 is 1.33 bits per heavy atom. The highest BCUT2D eigenvalue weighted by Crippen LogP contribution is 2.62. The number of benzene rings is 4. The number of phosphoric acid groups is 1. The molecule has 1 N–H and O–H groups in total. The van der Waals surface area contributed by atoms with Crippen LogP contribution in [-0.2, 0) is 28.4 Å². The van der Waals surface area contributed by atoms with Crippen molar-refractivity contribution < 1.29 is 28.0 Å². The summed E-state index contributed by atoms with van der Waals surface area (Å²) in [7, 11) is -4.59. The summed E-state index contributed by atoms with van der Waals surface area (Å²) >= 11 is 0. The number of hydrogen-bond donors (Lipinski definition) is 1. The smallest absolute Gasteiger partial charge is 0.490 e. The molecular formula is C44H53O6P. The second-order valence-electron chi connectivity index (χ2n) is 16.0. The van der Waals surface area contributed by atoms with Crippen LogP contribution < -0.4 is 14.0 Å². The molecule has 0 radical (unpaired) electrons. The molecule has 0 saturated heterocycles. The molecule has 0 spiro atoms. The molecule has 270 valence electrons. The highest BCUT2D eigenvalue weighted by atomic mass is 31.2. The number of aryl methyl sites for hydroxylation is 4. The first-order valence-corrected chi connectivity index (χ1v) is 20.1. The van der Waals surface area contributed by atoms with Crippen LogP contribution in [0.5, 0.6) is 17.2 Å². The third-order valence-electron chi connectivity index (χ3n) is 11.3. The molecule has 3 aliphatic rings. The third kappa shape index (κ3) is 6.65. The van der Waals surface area contributed by atoms with Crippen LogP contribution in [0.25, 0.3) is 11.1 Å². The zero-order chi connectivity index (χ0) is 36.5. The summed E-state index contributed by atoms with van der Waals surface area (Å²) in [5, 5.41) is 0. The number of ether oxygens (including phenoxy) is 2. The van der Waals surface area contributed by atoms with Gasteiger partial charge in [0.15, 0.2) is 0 Å². The Hall–Kier alpha value is -3.57. The van der Waals surface area contributed by atoms with Crippen molar-refractivity contribution in [2.24, 2.45) is 11.8 Å². The van der Waals surface area contributed by atoms with E-state index in [0.717, 1.165) is 74.4 Å². The summed E-state index contributed by atoms with van der Waals surface area (Å²) < 4.78 is 39.6. The molecule has 0 bridgehead atoms. The highest BCUT2D eigenvalue weighted by molar-refractivity contribution is 7.47. The Labute approximate surface area is 304 Å². The van der Waals surface area contributed by atoms with Crippen LogP contribution in [0, 0.1) is 39.5 Å². The second kappa shape index (κ2) is 13.4. The van der Waals surface area contributed by atoms with Crippen LogP contribution in [-0.4, -0.2) is 23.2 Å². The molecule has 6 atom stereocenters. The largest absolute Gasteiger partial charge is 0.527 e. The zero-order valence-electron chi connectivity index (χ0n) is 31.8. The van der Waals surface area contributed by atoms with Gasteiger partial charge in [0.2, 0.25) is 0 Å². The van der Waals surface area contributed by atoms with E-state index in [0.29, 0.717) is 24.0 Å². The van der Waals surface area contributed by atoms with E-state index in [2.05, 4.69) is 96.1 Å². The predicted octanol–water partition coefficient (Wildman–Crippen LogP) is 10.9. The Kier molecular flexibility index (Phi) is 9.44. The first-order valence-electron chi connectivity index (χ1n) is 18.6. The molecule has 7 rings (SSSR count). The van der Waals surface area contributed by atoms with Crippen LogP contribution in [0.1, 0.15) is 109 Å². The minimum Gasteiger partial charge on any atom is -0.490 e. The molecule has 1 aliphatic heterocycles. The van der Waals surface area contributed by atoms with Gasteiger partial charge >= 0.3 is 7.82 Å². The topological polar surface area (TPSA) is 74.2 Å². The molecule has 6 nitrogen and oxygen atoms in total. The lowest BCUT2D eigenvalue weighted by Gasteiger charge is -2.40. The molecule has 2 aliphatic carbocycles. The summed E-state index contributed by atoms with van der Waals surface area (Å²) in [6.45, 7) is 21.1. The van der Waals surface area contributed by atoms with Crippen molar-refractivity contribution in [2.75, 3.05) is 0 Å². The van der Waals surface area contributed by atoms with Gasteiger partial charge in [0.1, 0.15) is 17.2 Å². The van der Waals surface area contributed by atoms with Crippen molar-refractivity contribution in [1.29, 1.82) is 0 Å². The van der Waals surface area contributed by atoms with Crippen molar-refractivity contribution in [3.8, 4) is 28.4 Å². The van der Waals surface area contributed by atoms with Gasteiger partial charge in [-0.15, -0.1) is 0 Å². The van der Waals surface area contributed by atoms with E-state index in [1.165, 1.54) is 16.7 Å². The van der Waals surface area contributed by atoms with E-state index < -0.39 is 13.9 Å². The Morgan fingerprint density at radius 1 is 0.765 bits per heavy atom. The molecule has 0 aromatic heterocycles. The normalized spacial score (nSPS) is 25.3. The summed E-state index contributed by atoms with van der Waals surface area (Å²) in [6, 6.07) is 19.4. The van der Waals surface area contributed by atoms with Crippen molar-refractivity contribution in [3.63, 3.8) is 0 Å². The fourth-order valence-corrected chi connectivity index (χ4v) is 9.95. The predicted molar refractivity (Wildman–Crippen MR) is 205 cm³/mol. The van der Waals surface area contributed by atoms with E-state index in [4.69, 9.17) is 18.5 Å². The zero-order valence-corrected chi connectivity index (χ0v) is 32.7. The lowest BCUT2D eigenvalue weighted by atomic mass is 9.65. The molecule has 0 saturated carbocycles. The monoisotopic (exact) mass is 708 g/mol. The van der Waals surface area contributed by atoms with Crippen LogP contribution in [0.3, 0.4) is 0 Å². The van der Waals surface area contributed by atoms with Crippen molar-refractivity contribution >= 4 is 7.82 Å². The average molecular weight is 709 g/mol. The van der Waals surface area contributed by atoms with Gasteiger partial charge in [-0.2, -0.15) is 0 Å². The van der Waals surface area contributed by atoms with Gasteiger partial charge < -0.3 is 14.0 Å². The molecule has 0 amide bonds. The second-order valence-corrected chi connectivity index (χ2v) is 17.4. The van der Waals surface area contributed by atoms with Gasteiger partial charge in [-0.05, 0) is 160 Å². The van der Waals surface area contributed by atoms with Crippen molar-refractivity contribution in [3.05, 3.63) is 110 Å². The summed E-state index contributed by atoms with van der Waals surface area (Å²) in [5.74, 6) is 2.67. The average Bonchev–Trinajstić information content (AvgIpc) is 3.17. The Balaban J connectivity index is 1.50. The Morgan fingerprint density at radius 3 is 1.94 bits per heavy atom. The molecule has 4 aromatic rings. The minimum atomic E-state index is -4.59. The number of fused-ring (bicyclic) bond motifs is 7. The first-order chi connectivity index (χ1) is 24.1. The van der Waals surface area contributed by atoms with E-state index in [9.17, 15) is 9.46 Å². The van der Waals surface area contributed by atoms with Gasteiger partial charge in [-0.1, -0.05) is 50.2 Å². The lowest BCUT2D eigenvalue weighted by molar-refractivity contribution is 0.107. The summed E-state index contributed by atoms with van der Waals surface area (Å²) in [4.78, 5) is 11.7. The third-order valence-corrected chi connectivity index (χ3v) is 12.2. The first kappa shape index (κ1) is 35.8. The quantitative estimate of drug-likeness (QED) is 0.201. The summed E-state index contributed by atoms with van der Waals surface area (Å²) in [6.07, 6.45) is 1.94. The van der Waals surface area contributed by atoms with Crippen LogP contribution in [0.4, 0.5) is 0 Å². The van der Waals surface area contributed by atoms with Crippen molar-refractivity contribution in [1.82, 2.24) is 0 Å². The maximum atomic E-state index is 14.3. The summed E-state index contributed by atoms with van der Waals surface area (Å²) in [5.41, 5.74) is 12.8. The molecular weight excluding hydrogens is 655 g/mol. The highest BCUT2D eigenvalue weighted by Gasteiger charge is 2.50. The van der Waals surface area contributed by atoms with Gasteiger partial charge in [0.05, 0.1) is 18.3 Å². The van der Waals surface area contributed by atoms with Crippen LogP contribution in [0.15, 0.2) is 54.6 Å². The van der Waals surface area contributed by atoms with Crippen molar-refractivity contribution in [2.45, 2.75) is 119 Å². The van der Waals surface area contributed by atoms with Gasteiger partial charge in [0, 0.05) is 23.0 Å². The number of phosphoric ester groups is 1. The molecule has 1 heterocycles. The van der Waals surface area contributed by atoms with Crippen LogP contribution in [0.2, 0.25) is 0 Å². The SMILES string of the molecule is Cc1cc(-c2cc3c(c4c2OP(=O)(O)OC2C(c5cc(C)c(OC(C)C)c(C)c5)Cc5ccccc5[C@H]42)CC(C)C(C)C3)cc(C)c1OC(C)C. The minimum absolute atomic E-state index is 0.0419. The van der Waals surface area contributed by atoms with E-state index in [1.54, 1.807) is 0 Å². The van der Waals surface area contributed by atoms with Crippen LogP contribution >= 0.6 is 7.82 Å². The fraction of sp³-hybridized carbons (Fsp3) is 0.455. The number of hydrogen-bond acceptors (Lipinski definition) is 5. The fourth-order valence-electron chi connectivity index (χ4n) is 8.90. The lowest BCUT2D eigenvalue weighted by Crippen LogP contribution is -2.36. The maximum absolute atomic E-state index is 14.3. The molecule has 4 aromatic carbocycles. The standard InChI is InChI=1S/C44H53O6P/c1-23(2)47-41-27(7)16-32(17-28(41)8)37-21-31-13-11-12-14-35(31)39-40-36-20-26(6)25(5)15-34(36)22-38(44(40)50-51(45,46)49-43(37)39)33-18-29(9)42(30(10)19-33)48-24(3)4/h11-14,16-19,22-26,37,39,43H,15,20-21H2,1-10H3,(H,45,46)/t25?,26?,37?,39-,43?/m1/s1. The maximum Gasteiger partial charge on any atom is 0.527 e.